The van der Waals surface area contributed by atoms with Crippen LogP contribution in [0, 0.1) is 0 Å². The van der Waals surface area contributed by atoms with Gasteiger partial charge in [0.15, 0.2) is 0 Å². The highest BCUT2D eigenvalue weighted by Crippen LogP contribution is 2.26. The van der Waals surface area contributed by atoms with Crippen LogP contribution in [0.5, 0.6) is 0 Å². The highest BCUT2D eigenvalue weighted by molar-refractivity contribution is 5.98. The number of rotatable bonds is 4. The fraction of sp³-hybridized carbons (Fsp3) is 0.308. The van der Waals surface area contributed by atoms with Crippen molar-refractivity contribution >= 4 is 23.7 Å². The third-order valence-corrected chi connectivity index (χ3v) is 3.09. The van der Waals surface area contributed by atoms with Gasteiger partial charge in [0.1, 0.15) is 0 Å². The van der Waals surface area contributed by atoms with Crippen LogP contribution in [0.2, 0.25) is 0 Å². The minimum absolute atomic E-state index is 0.153. The third kappa shape index (κ3) is 3.05. The Hall–Kier alpha value is -2.57. The molecule has 1 saturated carbocycles. The maximum atomic E-state index is 11.9. The summed E-state index contributed by atoms with van der Waals surface area (Å²) in [7, 11) is 1.64. The summed E-state index contributed by atoms with van der Waals surface area (Å²) < 4.78 is 0. The summed E-state index contributed by atoms with van der Waals surface area (Å²) in [6, 6.07) is 3.33. The fourth-order valence-corrected chi connectivity index (χ4v) is 1.79. The SMILES string of the molecule is CN(C(=O)Nc1cc(C(=O)O)cc(C(=O)O)c1)C1CC1. The molecule has 1 fully saturated rings. The Balaban J connectivity index is 2.23. The monoisotopic (exact) mass is 278 g/mol. The molecule has 0 aliphatic heterocycles. The number of nitrogens with zero attached hydrogens (tertiary/aromatic N) is 1. The van der Waals surface area contributed by atoms with E-state index in [0.717, 1.165) is 18.9 Å². The number of nitrogens with one attached hydrogen (secondary N) is 1. The summed E-state index contributed by atoms with van der Waals surface area (Å²) in [6.45, 7) is 0. The van der Waals surface area contributed by atoms with Crippen molar-refractivity contribution in [2.24, 2.45) is 0 Å². The largest absolute Gasteiger partial charge is 0.478 e. The predicted molar refractivity (Wildman–Crippen MR) is 70.2 cm³/mol. The first-order valence-electron chi connectivity index (χ1n) is 6.04. The van der Waals surface area contributed by atoms with E-state index in [0.29, 0.717) is 0 Å². The molecule has 7 heteroatoms. The average Bonchev–Trinajstić information content (AvgIpc) is 3.21. The van der Waals surface area contributed by atoms with E-state index in [9.17, 15) is 14.4 Å². The third-order valence-electron chi connectivity index (χ3n) is 3.09. The van der Waals surface area contributed by atoms with Gasteiger partial charge in [0.05, 0.1) is 11.1 Å². The van der Waals surface area contributed by atoms with Crippen LogP contribution in [0.4, 0.5) is 10.5 Å². The molecule has 0 radical (unpaired) electrons. The molecule has 0 aromatic heterocycles. The molecule has 1 aromatic rings. The number of hydrogen-bond donors (Lipinski definition) is 3. The van der Waals surface area contributed by atoms with Crippen molar-refractivity contribution in [2.45, 2.75) is 18.9 Å². The first-order chi connectivity index (χ1) is 9.38. The van der Waals surface area contributed by atoms with Gasteiger partial charge in [-0.15, -0.1) is 0 Å². The molecule has 1 aliphatic rings. The Labute approximate surface area is 114 Å². The quantitative estimate of drug-likeness (QED) is 0.777. The zero-order valence-corrected chi connectivity index (χ0v) is 10.8. The van der Waals surface area contributed by atoms with E-state index in [1.54, 1.807) is 7.05 Å². The van der Waals surface area contributed by atoms with Crippen molar-refractivity contribution in [1.82, 2.24) is 4.90 Å². The van der Waals surface area contributed by atoms with Gasteiger partial charge in [0, 0.05) is 18.8 Å². The van der Waals surface area contributed by atoms with Gasteiger partial charge in [0.2, 0.25) is 0 Å². The van der Waals surface area contributed by atoms with E-state index in [1.165, 1.54) is 17.0 Å². The highest BCUT2D eigenvalue weighted by atomic mass is 16.4. The number of anilines is 1. The number of benzene rings is 1. The lowest BCUT2D eigenvalue weighted by Gasteiger charge is -2.17. The van der Waals surface area contributed by atoms with Crippen LogP contribution in [-0.2, 0) is 0 Å². The zero-order chi connectivity index (χ0) is 14.9. The summed E-state index contributed by atoms with van der Waals surface area (Å²) in [4.78, 5) is 35.3. The van der Waals surface area contributed by atoms with E-state index in [4.69, 9.17) is 10.2 Å². The molecule has 0 bridgehead atoms. The summed E-state index contributed by atoms with van der Waals surface area (Å²) in [5.41, 5.74) is -0.219. The molecule has 0 heterocycles. The van der Waals surface area contributed by atoms with E-state index in [-0.39, 0.29) is 28.9 Å². The molecule has 0 unspecified atom stereocenters. The van der Waals surface area contributed by atoms with Gasteiger partial charge in [-0.3, -0.25) is 0 Å². The van der Waals surface area contributed by atoms with Gasteiger partial charge < -0.3 is 20.4 Å². The van der Waals surface area contributed by atoms with E-state index in [2.05, 4.69) is 5.32 Å². The summed E-state index contributed by atoms with van der Waals surface area (Å²) in [6.07, 6.45) is 1.89. The summed E-state index contributed by atoms with van der Waals surface area (Å²) >= 11 is 0. The fourth-order valence-electron chi connectivity index (χ4n) is 1.79. The van der Waals surface area contributed by atoms with E-state index in [1.807, 2.05) is 0 Å². The van der Waals surface area contributed by atoms with Gasteiger partial charge in [-0.05, 0) is 31.0 Å². The molecular formula is C13H14N2O5. The van der Waals surface area contributed by atoms with Crippen molar-refractivity contribution < 1.29 is 24.6 Å². The molecule has 1 aromatic carbocycles. The Morgan fingerprint density at radius 2 is 1.60 bits per heavy atom. The molecule has 0 spiro atoms. The maximum Gasteiger partial charge on any atom is 0.335 e. The van der Waals surface area contributed by atoms with Crippen LogP contribution in [0.3, 0.4) is 0 Å². The van der Waals surface area contributed by atoms with E-state index >= 15 is 0 Å². The van der Waals surface area contributed by atoms with Gasteiger partial charge in [-0.2, -0.15) is 0 Å². The minimum atomic E-state index is -1.25. The number of aromatic carboxylic acids is 2. The molecule has 0 saturated heterocycles. The first-order valence-corrected chi connectivity index (χ1v) is 6.04. The number of amides is 2. The number of carboxylic acids is 2. The van der Waals surface area contributed by atoms with Crippen LogP contribution >= 0.6 is 0 Å². The molecule has 2 amide bonds. The number of hydrogen-bond acceptors (Lipinski definition) is 3. The van der Waals surface area contributed by atoms with Crippen LogP contribution in [0.15, 0.2) is 18.2 Å². The second-order valence-corrected chi connectivity index (χ2v) is 4.68. The molecular weight excluding hydrogens is 264 g/mol. The van der Waals surface area contributed by atoms with Crippen LogP contribution < -0.4 is 5.32 Å². The van der Waals surface area contributed by atoms with Gasteiger partial charge in [-0.1, -0.05) is 0 Å². The van der Waals surface area contributed by atoms with Gasteiger partial charge in [0.25, 0.3) is 0 Å². The van der Waals surface area contributed by atoms with Crippen molar-refractivity contribution in [3.63, 3.8) is 0 Å². The Morgan fingerprint density at radius 3 is 2.00 bits per heavy atom. The Morgan fingerprint density at radius 1 is 1.10 bits per heavy atom. The van der Waals surface area contributed by atoms with Crippen molar-refractivity contribution in [1.29, 1.82) is 0 Å². The topological polar surface area (TPSA) is 107 Å². The lowest BCUT2D eigenvalue weighted by molar-refractivity contribution is 0.0696. The van der Waals surface area contributed by atoms with Gasteiger partial charge in [-0.25, -0.2) is 14.4 Å². The highest BCUT2D eigenvalue weighted by Gasteiger charge is 2.29. The number of carbonyl (C=O) groups is 3. The molecule has 20 heavy (non-hydrogen) atoms. The molecule has 0 atom stereocenters. The van der Waals surface area contributed by atoms with Crippen molar-refractivity contribution in [3.05, 3.63) is 29.3 Å². The second-order valence-electron chi connectivity index (χ2n) is 4.68. The maximum absolute atomic E-state index is 11.9. The Bertz CT molecular complexity index is 548. The lowest BCUT2D eigenvalue weighted by Crippen LogP contribution is -2.33. The van der Waals surface area contributed by atoms with Crippen LogP contribution in [0.1, 0.15) is 33.6 Å². The first kappa shape index (κ1) is 13.9. The van der Waals surface area contributed by atoms with Crippen molar-refractivity contribution in [2.75, 3.05) is 12.4 Å². The summed E-state index contributed by atoms with van der Waals surface area (Å²) in [5.74, 6) is -2.50. The molecule has 106 valence electrons. The number of carbonyl (C=O) groups excluding carboxylic acids is 1. The second kappa shape index (κ2) is 5.20. The number of carboxylic acid groups (broad SMARTS) is 2. The standard InChI is InChI=1S/C13H14N2O5/c1-15(10-2-3-10)13(20)14-9-5-7(11(16)17)4-8(6-9)12(18)19/h4-6,10H,2-3H2,1H3,(H,14,20)(H,16,17)(H,18,19). The number of urea groups is 1. The summed E-state index contributed by atoms with van der Waals surface area (Å²) in [5, 5.41) is 20.4. The molecule has 7 nitrogen and oxygen atoms in total. The lowest BCUT2D eigenvalue weighted by atomic mass is 10.1. The smallest absolute Gasteiger partial charge is 0.335 e. The average molecular weight is 278 g/mol. The van der Waals surface area contributed by atoms with E-state index < -0.39 is 11.9 Å². The van der Waals surface area contributed by atoms with Crippen LogP contribution in [0.25, 0.3) is 0 Å². The molecule has 1 aliphatic carbocycles. The van der Waals surface area contributed by atoms with Crippen molar-refractivity contribution in [3.8, 4) is 0 Å². The normalized spacial score (nSPS) is 13.7. The van der Waals surface area contributed by atoms with Gasteiger partial charge >= 0.3 is 18.0 Å². The van der Waals surface area contributed by atoms with Crippen LogP contribution in [-0.4, -0.2) is 46.2 Å². The molecule has 3 N–H and O–H groups in total. The zero-order valence-electron chi connectivity index (χ0n) is 10.8. The minimum Gasteiger partial charge on any atom is -0.478 e. The predicted octanol–water partition coefficient (Wildman–Crippen LogP) is 1.71. The Kier molecular flexibility index (Phi) is 3.60. The molecule has 2 rings (SSSR count).